The van der Waals surface area contributed by atoms with E-state index in [9.17, 15) is 24.2 Å². The Hall–Kier alpha value is -1.29. The normalized spacial score (nSPS) is 13.8. The van der Waals surface area contributed by atoms with Crippen molar-refractivity contribution in [2.24, 2.45) is 0 Å². The van der Waals surface area contributed by atoms with Crippen LogP contribution in [0.25, 0.3) is 0 Å². The summed E-state index contributed by atoms with van der Waals surface area (Å²) in [6.45, 7) is 2.42. The molecule has 0 spiro atoms. The molecule has 0 heterocycles. The van der Waals surface area contributed by atoms with Crippen molar-refractivity contribution in [3.05, 3.63) is 12.2 Å². The highest BCUT2D eigenvalue weighted by molar-refractivity contribution is 7.47. The molecular formula is C47H91O10P. The number of allylic oxidation sites excluding steroid dienone is 2. The Kier molecular flexibility index (Phi) is 42.8. The summed E-state index contributed by atoms with van der Waals surface area (Å²) in [5, 5.41) is 18.4. The maximum absolute atomic E-state index is 12.6. The molecule has 344 valence electrons. The molecule has 0 saturated heterocycles. The van der Waals surface area contributed by atoms with Crippen molar-refractivity contribution >= 4 is 19.8 Å². The van der Waals surface area contributed by atoms with Gasteiger partial charge in [-0.3, -0.25) is 18.6 Å². The van der Waals surface area contributed by atoms with E-state index in [0.717, 1.165) is 38.5 Å². The first kappa shape index (κ1) is 56.7. The lowest BCUT2D eigenvalue weighted by molar-refractivity contribution is -0.161. The van der Waals surface area contributed by atoms with Crippen LogP contribution in [0.15, 0.2) is 12.2 Å². The smallest absolute Gasteiger partial charge is 0.462 e. The van der Waals surface area contributed by atoms with Crippen LogP contribution >= 0.6 is 7.82 Å². The molecule has 0 aromatic rings. The largest absolute Gasteiger partial charge is 0.472 e. The topological polar surface area (TPSA) is 149 Å². The van der Waals surface area contributed by atoms with Crippen LogP contribution in [0, 0.1) is 0 Å². The molecule has 0 amide bonds. The second-order valence-corrected chi connectivity index (χ2v) is 17.9. The predicted octanol–water partition coefficient (Wildman–Crippen LogP) is 13.2. The molecule has 58 heavy (non-hydrogen) atoms. The van der Waals surface area contributed by atoms with E-state index in [2.05, 4.69) is 26.0 Å². The molecule has 11 heteroatoms. The van der Waals surface area contributed by atoms with E-state index in [1.165, 1.54) is 161 Å². The molecule has 0 rings (SSSR count). The van der Waals surface area contributed by atoms with E-state index in [0.29, 0.717) is 12.8 Å². The fourth-order valence-electron chi connectivity index (χ4n) is 6.93. The number of rotatable bonds is 46. The summed E-state index contributed by atoms with van der Waals surface area (Å²) in [6.07, 6.45) is 43.2. The lowest BCUT2D eigenvalue weighted by Gasteiger charge is -2.20. The zero-order chi connectivity index (χ0) is 42.6. The molecule has 3 N–H and O–H groups in total. The van der Waals surface area contributed by atoms with Gasteiger partial charge in [-0.2, -0.15) is 0 Å². The van der Waals surface area contributed by atoms with Crippen LogP contribution in [0.5, 0.6) is 0 Å². The first-order valence-electron chi connectivity index (χ1n) is 24.1. The molecule has 3 unspecified atom stereocenters. The van der Waals surface area contributed by atoms with E-state index in [1.807, 2.05) is 0 Å². The number of unbranched alkanes of at least 4 members (excludes halogenated alkanes) is 30. The Balaban J connectivity index is 4.18. The predicted molar refractivity (Wildman–Crippen MR) is 238 cm³/mol. The zero-order valence-corrected chi connectivity index (χ0v) is 38.4. The van der Waals surface area contributed by atoms with Gasteiger partial charge in [0.05, 0.1) is 19.8 Å². The van der Waals surface area contributed by atoms with Gasteiger partial charge in [-0.25, -0.2) is 4.57 Å². The molecule has 0 aromatic carbocycles. The lowest BCUT2D eigenvalue weighted by Crippen LogP contribution is -2.29. The minimum absolute atomic E-state index is 0.187. The monoisotopic (exact) mass is 847 g/mol. The Labute approximate surface area is 356 Å². The summed E-state index contributed by atoms with van der Waals surface area (Å²) < 4.78 is 32.8. The van der Waals surface area contributed by atoms with Gasteiger partial charge in [0.1, 0.15) is 12.7 Å². The van der Waals surface area contributed by atoms with E-state index in [1.54, 1.807) is 0 Å². The Bertz CT molecular complexity index is 977. The van der Waals surface area contributed by atoms with Crippen LogP contribution < -0.4 is 0 Å². The maximum atomic E-state index is 12.6. The Morgan fingerprint density at radius 3 is 1.24 bits per heavy atom. The standard InChI is InChI=1S/C47H91O10P/c1-3-5-7-9-11-13-15-17-19-20-21-22-23-24-25-27-29-31-33-35-37-39-47(51)57-45(43-56-58(52,53)55-41-44(49)40-48)42-54-46(50)38-36-34-32-30-28-26-18-16-14-12-10-8-6-4-2/h20-21,44-45,48-49H,3-19,22-43H2,1-2H3,(H,52,53)/b21-20-. The second kappa shape index (κ2) is 43.8. The van der Waals surface area contributed by atoms with Crippen LogP contribution in [0.2, 0.25) is 0 Å². The van der Waals surface area contributed by atoms with Crippen molar-refractivity contribution < 1.29 is 47.8 Å². The van der Waals surface area contributed by atoms with Gasteiger partial charge in [0.2, 0.25) is 0 Å². The van der Waals surface area contributed by atoms with Crippen molar-refractivity contribution in [3.8, 4) is 0 Å². The first-order valence-corrected chi connectivity index (χ1v) is 25.6. The molecule has 0 aliphatic heterocycles. The van der Waals surface area contributed by atoms with Crippen LogP contribution in [-0.4, -0.2) is 65.7 Å². The molecule has 0 fully saturated rings. The van der Waals surface area contributed by atoms with Crippen molar-refractivity contribution in [2.75, 3.05) is 26.4 Å². The summed E-state index contributed by atoms with van der Waals surface area (Å²) in [6, 6.07) is 0. The molecule has 0 bridgehead atoms. The summed E-state index contributed by atoms with van der Waals surface area (Å²) in [5.74, 6) is -0.913. The molecule has 0 aromatic heterocycles. The van der Waals surface area contributed by atoms with Gasteiger partial charge in [0, 0.05) is 12.8 Å². The average Bonchev–Trinajstić information content (AvgIpc) is 3.21. The summed E-state index contributed by atoms with van der Waals surface area (Å²) >= 11 is 0. The number of hydrogen-bond donors (Lipinski definition) is 3. The minimum Gasteiger partial charge on any atom is -0.462 e. The number of carbonyl (C=O) groups is 2. The van der Waals surface area contributed by atoms with Gasteiger partial charge in [0.25, 0.3) is 0 Å². The van der Waals surface area contributed by atoms with Crippen molar-refractivity contribution in [2.45, 2.75) is 251 Å². The van der Waals surface area contributed by atoms with Gasteiger partial charge < -0.3 is 24.6 Å². The molecular weight excluding hydrogens is 755 g/mol. The summed E-state index contributed by atoms with van der Waals surface area (Å²) in [4.78, 5) is 35.1. The van der Waals surface area contributed by atoms with E-state index in [-0.39, 0.29) is 19.4 Å². The Morgan fingerprint density at radius 1 is 0.500 bits per heavy atom. The highest BCUT2D eigenvalue weighted by atomic mass is 31.2. The fourth-order valence-corrected chi connectivity index (χ4v) is 7.72. The van der Waals surface area contributed by atoms with Crippen LogP contribution in [-0.2, 0) is 32.7 Å². The first-order chi connectivity index (χ1) is 28.2. The summed E-state index contributed by atoms with van der Waals surface area (Å²) in [5.41, 5.74) is 0. The zero-order valence-electron chi connectivity index (χ0n) is 37.5. The highest BCUT2D eigenvalue weighted by Crippen LogP contribution is 2.43. The quantitative estimate of drug-likeness (QED) is 0.0234. The van der Waals surface area contributed by atoms with E-state index < -0.39 is 51.8 Å². The molecule has 3 atom stereocenters. The molecule has 0 aliphatic carbocycles. The van der Waals surface area contributed by atoms with Crippen molar-refractivity contribution in [1.82, 2.24) is 0 Å². The van der Waals surface area contributed by atoms with Crippen molar-refractivity contribution in [1.29, 1.82) is 0 Å². The molecule has 0 saturated carbocycles. The molecule has 0 aliphatic rings. The molecule has 0 radical (unpaired) electrons. The van der Waals surface area contributed by atoms with E-state index in [4.69, 9.17) is 23.6 Å². The number of phosphoric acid groups is 1. The average molecular weight is 847 g/mol. The number of aliphatic hydroxyl groups excluding tert-OH is 2. The van der Waals surface area contributed by atoms with Crippen LogP contribution in [0.4, 0.5) is 0 Å². The van der Waals surface area contributed by atoms with Gasteiger partial charge in [-0.05, 0) is 38.5 Å². The van der Waals surface area contributed by atoms with Gasteiger partial charge in [0.15, 0.2) is 6.10 Å². The van der Waals surface area contributed by atoms with Crippen molar-refractivity contribution in [3.63, 3.8) is 0 Å². The third-order valence-corrected chi connectivity index (χ3v) is 11.6. The minimum atomic E-state index is -4.61. The lowest BCUT2D eigenvalue weighted by atomic mass is 10.0. The number of aliphatic hydroxyl groups is 2. The number of ether oxygens (including phenoxy) is 2. The number of phosphoric ester groups is 1. The number of hydrogen-bond acceptors (Lipinski definition) is 9. The highest BCUT2D eigenvalue weighted by Gasteiger charge is 2.27. The maximum Gasteiger partial charge on any atom is 0.472 e. The number of esters is 2. The van der Waals surface area contributed by atoms with Gasteiger partial charge >= 0.3 is 19.8 Å². The SMILES string of the molecule is CCCCCCCCCC/C=C\CCCCCCCCCCCC(=O)OC(COC(=O)CCCCCCCCCCCCCCCC)COP(=O)(O)OCC(O)CO. The Morgan fingerprint density at radius 2 is 0.845 bits per heavy atom. The third-order valence-electron chi connectivity index (χ3n) is 10.7. The summed E-state index contributed by atoms with van der Waals surface area (Å²) in [7, 11) is -4.61. The second-order valence-electron chi connectivity index (χ2n) is 16.5. The fraction of sp³-hybridized carbons (Fsp3) is 0.915. The third kappa shape index (κ3) is 42.8. The molecule has 10 nitrogen and oxygen atoms in total. The number of carbonyl (C=O) groups excluding carboxylic acids is 2. The van der Waals surface area contributed by atoms with Crippen LogP contribution in [0.1, 0.15) is 239 Å². The van der Waals surface area contributed by atoms with Crippen LogP contribution in [0.3, 0.4) is 0 Å². The van der Waals surface area contributed by atoms with Gasteiger partial charge in [-0.15, -0.1) is 0 Å². The van der Waals surface area contributed by atoms with E-state index >= 15 is 0 Å². The van der Waals surface area contributed by atoms with Gasteiger partial charge in [-0.1, -0.05) is 199 Å².